The lowest BCUT2D eigenvalue weighted by atomic mass is 10.0. The standard InChI is InChI=1S/C11H18N4O2/c1-11(8-12-9-11)17-7-10(16)13-4-6-15-5-2-3-14-15/h2-3,5,12H,4,6-9H2,1H3,(H,13,16). The van der Waals surface area contributed by atoms with Crippen LogP contribution < -0.4 is 10.6 Å². The molecule has 0 saturated carbocycles. The molecule has 0 atom stereocenters. The molecule has 1 fully saturated rings. The molecule has 6 nitrogen and oxygen atoms in total. The summed E-state index contributed by atoms with van der Waals surface area (Å²) in [6.07, 6.45) is 3.58. The number of ether oxygens (including phenoxy) is 1. The van der Waals surface area contributed by atoms with E-state index in [4.69, 9.17) is 4.74 Å². The normalized spacial score (nSPS) is 17.5. The van der Waals surface area contributed by atoms with Gasteiger partial charge in [0.15, 0.2) is 0 Å². The third-order valence-corrected chi connectivity index (χ3v) is 2.77. The molecule has 2 N–H and O–H groups in total. The van der Waals surface area contributed by atoms with E-state index in [1.165, 1.54) is 0 Å². The minimum Gasteiger partial charge on any atom is -0.363 e. The summed E-state index contributed by atoms with van der Waals surface area (Å²) in [6, 6.07) is 1.86. The molecule has 17 heavy (non-hydrogen) atoms. The van der Waals surface area contributed by atoms with Gasteiger partial charge < -0.3 is 15.4 Å². The fourth-order valence-electron chi connectivity index (χ4n) is 1.61. The number of rotatable bonds is 6. The van der Waals surface area contributed by atoms with E-state index < -0.39 is 0 Å². The van der Waals surface area contributed by atoms with Gasteiger partial charge in [0.2, 0.25) is 5.91 Å². The first-order chi connectivity index (χ1) is 8.18. The van der Waals surface area contributed by atoms with Gasteiger partial charge in [0, 0.05) is 32.0 Å². The van der Waals surface area contributed by atoms with Gasteiger partial charge in [-0.05, 0) is 13.0 Å². The van der Waals surface area contributed by atoms with Crippen LogP contribution in [0.15, 0.2) is 18.5 Å². The summed E-state index contributed by atoms with van der Waals surface area (Å²) in [6.45, 7) is 5.00. The number of carbonyl (C=O) groups excluding carboxylic acids is 1. The van der Waals surface area contributed by atoms with Crippen LogP contribution in [0.3, 0.4) is 0 Å². The Labute approximate surface area is 100 Å². The van der Waals surface area contributed by atoms with Crippen LogP contribution in [0, 0.1) is 0 Å². The Morgan fingerprint density at radius 2 is 2.47 bits per heavy atom. The highest BCUT2D eigenvalue weighted by atomic mass is 16.5. The smallest absolute Gasteiger partial charge is 0.246 e. The van der Waals surface area contributed by atoms with Crippen molar-refractivity contribution >= 4 is 5.91 Å². The number of hydrogen-bond donors (Lipinski definition) is 2. The van der Waals surface area contributed by atoms with Crippen molar-refractivity contribution in [2.75, 3.05) is 26.2 Å². The van der Waals surface area contributed by atoms with Crippen molar-refractivity contribution in [3.8, 4) is 0 Å². The maximum absolute atomic E-state index is 11.5. The molecule has 2 rings (SSSR count). The first kappa shape index (κ1) is 12.1. The van der Waals surface area contributed by atoms with Gasteiger partial charge in [0.25, 0.3) is 0 Å². The lowest BCUT2D eigenvalue weighted by Crippen LogP contribution is -2.59. The lowest BCUT2D eigenvalue weighted by Gasteiger charge is -2.38. The number of amides is 1. The average Bonchev–Trinajstić information content (AvgIpc) is 2.77. The van der Waals surface area contributed by atoms with E-state index in [0.717, 1.165) is 13.1 Å². The summed E-state index contributed by atoms with van der Waals surface area (Å²) in [4.78, 5) is 11.5. The highest BCUT2D eigenvalue weighted by Gasteiger charge is 2.32. The van der Waals surface area contributed by atoms with Gasteiger partial charge in [0.05, 0.1) is 12.1 Å². The predicted molar refractivity (Wildman–Crippen MR) is 62.5 cm³/mol. The third-order valence-electron chi connectivity index (χ3n) is 2.77. The Bertz CT molecular complexity index is 360. The van der Waals surface area contributed by atoms with Crippen molar-refractivity contribution in [1.82, 2.24) is 20.4 Å². The molecule has 0 unspecified atom stereocenters. The number of carbonyl (C=O) groups is 1. The van der Waals surface area contributed by atoms with Crippen LogP contribution in [-0.2, 0) is 16.1 Å². The molecule has 0 aliphatic carbocycles. The van der Waals surface area contributed by atoms with E-state index in [2.05, 4.69) is 15.7 Å². The number of hydrogen-bond acceptors (Lipinski definition) is 4. The predicted octanol–water partition coefficient (Wildman–Crippen LogP) is -0.622. The van der Waals surface area contributed by atoms with Crippen LogP contribution in [0.2, 0.25) is 0 Å². The fourth-order valence-corrected chi connectivity index (χ4v) is 1.61. The maximum atomic E-state index is 11.5. The van der Waals surface area contributed by atoms with E-state index in [9.17, 15) is 4.79 Å². The van der Waals surface area contributed by atoms with Gasteiger partial charge >= 0.3 is 0 Å². The number of aromatic nitrogens is 2. The molecule has 1 aromatic rings. The topological polar surface area (TPSA) is 68.2 Å². The van der Waals surface area contributed by atoms with Crippen molar-refractivity contribution in [3.63, 3.8) is 0 Å². The van der Waals surface area contributed by atoms with Crippen LogP contribution in [0.25, 0.3) is 0 Å². The molecule has 1 saturated heterocycles. The molecular weight excluding hydrogens is 220 g/mol. The largest absolute Gasteiger partial charge is 0.363 e. The molecular formula is C11H18N4O2. The van der Waals surface area contributed by atoms with E-state index in [0.29, 0.717) is 13.1 Å². The number of nitrogens with zero attached hydrogens (tertiary/aromatic N) is 2. The zero-order chi connectivity index (χ0) is 12.1. The van der Waals surface area contributed by atoms with E-state index in [1.807, 2.05) is 19.2 Å². The molecule has 6 heteroatoms. The summed E-state index contributed by atoms with van der Waals surface area (Å²) in [5.41, 5.74) is -0.167. The molecule has 0 bridgehead atoms. The highest BCUT2D eigenvalue weighted by Crippen LogP contribution is 2.14. The first-order valence-corrected chi connectivity index (χ1v) is 5.77. The van der Waals surface area contributed by atoms with Gasteiger partial charge in [-0.25, -0.2) is 0 Å². The number of nitrogens with one attached hydrogen (secondary N) is 2. The summed E-state index contributed by atoms with van der Waals surface area (Å²) in [5.74, 6) is -0.0784. The van der Waals surface area contributed by atoms with Crippen LogP contribution in [-0.4, -0.2) is 47.5 Å². The first-order valence-electron chi connectivity index (χ1n) is 5.77. The highest BCUT2D eigenvalue weighted by molar-refractivity contribution is 5.77. The van der Waals surface area contributed by atoms with Crippen LogP contribution >= 0.6 is 0 Å². The van der Waals surface area contributed by atoms with Crippen LogP contribution in [0.4, 0.5) is 0 Å². The van der Waals surface area contributed by atoms with Gasteiger partial charge in [-0.1, -0.05) is 0 Å². The Morgan fingerprint density at radius 3 is 3.06 bits per heavy atom. The second-order valence-corrected chi connectivity index (χ2v) is 4.46. The Balaban J connectivity index is 1.58. The minimum atomic E-state index is -0.167. The third kappa shape index (κ3) is 3.54. The maximum Gasteiger partial charge on any atom is 0.246 e. The van der Waals surface area contributed by atoms with Gasteiger partial charge in [-0.3, -0.25) is 9.48 Å². The van der Waals surface area contributed by atoms with Crippen molar-refractivity contribution in [1.29, 1.82) is 0 Å². The molecule has 1 aromatic heterocycles. The molecule has 1 aliphatic heterocycles. The molecule has 0 spiro atoms. The summed E-state index contributed by atoms with van der Waals surface area (Å²) >= 11 is 0. The molecule has 2 heterocycles. The van der Waals surface area contributed by atoms with Gasteiger partial charge in [-0.2, -0.15) is 5.10 Å². The quantitative estimate of drug-likeness (QED) is 0.693. The van der Waals surface area contributed by atoms with E-state index in [1.54, 1.807) is 10.9 Å². The Morgan fingerprint density at radius 1 is 1.65 bits per heavy atom. The second kappa shape index (κ2) is 5.29. The summed E-state index contributed by atoms with van der Waals surface area (Å²) < 4.78 is 7.29. The summed E-state index contributed by atoms with van der Waals surface area (Å²) in [7, 11) is 0. The second-order valence-electron chi connectivity index (χ2n) is 4.46. The van der Waals surface area contributed by atoms with Crippen molar-refractivity contribution in [2.24, 2.45) is 0 Å². The molecule has 94 valence electrons. The monoisotopic (exact) mass is 238 g/mol. The van der Waals surface area contributed by atoms with E-state index >= 15 is 0 Å². The van der Waals surface area contributed by atoms with Crippen LogP contribution in [0.5, 0.6) is 0 Å². The van der Waals surface area contributed by atoms with E-state index in [-0.39, 0.29) is 18.1 Å². The molecule has 0 aromatic carbocycles. The minimum absolute atomic E-state index is 0.0784. The lowest BCUT2D eigenvalue weighted by molar-refractivity contribution is -0.135. The average molecular weight is 238 g/mol. The summed E-state index contributed by atoms with van der Waals surface area (Å²) in [5, 5.41) is 9.96. The molecule has 1 aliphatic rings. The fraction of sp³-hybridized carbons (Fsp3) is 0.636. The van der Waals surface area contributed by atoms with Crippen molar-refractivity contribution in [2.45, 2.75) is 19.1 Å². The SMILES string of the molecule is CC1(OCC(=O)NCCn2cccn2)CNC1. The Kier molecular flexibility index (Phi) is 3.75. The Hall–Kier alpha value is -1.40. The van der Waals surface area contributed by atoms with Crippen molar-refractivity contribution < 1.29 is 9.53 Å². The van der Waals surface area contributed by atoms with Crippen LogP contribution in [0.1, 0.15) is 6.92 Å². The zero-order valence-corrected chi connectivity index (χ0v) is 9.98. The molecule has 1 amide bonds. The van der Waals surface area contributed by atoms with Gasteiger partial charge in [0.1, 0.15) is 6.61 Å². The zero-order valence-electron chi connectivity index (χ0n) is 9.98. The van der Waals surface area contributed by atoms with Crippen molar-refractivity contribution in [3.05, 3.63) is 18.5 Å². The molecule has 0 radical (unpaired) electrons. The van der Waals surface area contributed by atoms with Gasteiger partial charge in [-0.15, -0.1) is 0 Å².